The van der Waals surface area contributed by atoms with Gasteiger partial charge in [-0.15, -0.1) is 6.58 Å². The van der Waals surface area contributed by atoms with Crippen molar-refractivity contribution in [2.75, 3.05) is 6.61 Å². The fourth-order valence-corrected chi connectivity index (χ4v) is 7.56. The zero-order valence-corrected chi connectivity index (χ0v) is 31.0. The van der Waals surface area contributed by atoms with Crippen LogP contribution in [0.1, 0.15) is 27.8 Å². The van der Waals surface area contributed by atoms with Crippen LogP contribution in [0, 0.1) is 0 Å². The minimum absolute atomic E-state index is 0.0708. The molecule has 1 aliphatic carbocycles. The van der Waals surface area contributed by atoms with Gasteiger partial charge in [-0.1, -0.05) is 158 Å². The molecule has 0 unspecified atom stereocenters. The normalized spacial score (nSPS) is 21.4. The predicted molar refractivity (Wildman–Crippen MR) is 206 cm³/mol. The Morgan fingerprint density at radius 3 is 1.15 bits per heavy atom. The summed E-state index contributed by atoms with van der Waals surface area (Å²) in [5.41, 5.74) is 4.24. The number of benzene rings is 5. The molecule has 1 aliphatic rings. The second kappa shape index (κ2) is 20.4. The first kappa shape index (κ1) is 39.4. The number of aliphatic hydroxyl groups is 1. The van der Waals surface area contributed by atoms with Gasteiger partial charge in [0.2, 0.25) is 0 Å². The smallest absolute Gasteiger partial charge is 0.387 e. The maximum absolute atomic E-state index is 14.8. The quantitative estimate of drug-likeness (QED) is 0.0619. The van der Waals surface area contributed by atoms with E-state index in [-0.39, 0.29) is 39.6 Å². The van der Waals surface area contributed by atoms with E-state index >= 15 is 0 Å². The Bertz CT molecular complexity index is 1800. The van der Waals surface area contributed by atoms with Gasteiger partial charge in [0.1, 0.15) is 36.6 Å². The number of hydrogen-bond donors (Lipinski definition) is 1. The molecule has 0 aliphatic heterocycles. The lowest BCUT2D eigenvalue weighted by Crippen LogP contribution is -2.66. The highest BCUT2D eigenvalue weighted by Crippen LogP contribution is 2.54. The van der Waals surface area contributed by atoms with Crippen molar-refractivity contribution in [3.05, 3.63) is 192 Å². The van der Waals surface area contributed by atoms with Crippen LogP contribution in [0.2, 0.25) is 0 Å². The number of aliphatic hydroxyl groups excluding tert-OH is 1. The Morgan fingerprint density at radius 1 is 0.463 bits per heavy atom. The number of ether oxygens (including phenoxy) is 4. The summed E-state index contributed by atoms with van der Waals surface area (Å²) in [4.78, 5) is 0. The van der Waals surface area contributed by atoms with Crippen LogP contribution in [0.5, 0.6) is 0 Å². The molecule has 0 aromatic heterocycles. The molecule has 0 saturated heterocycles. The molecule has 0 spiro atoms. The third-order valence-corrected chi connectivity index (χ3v) is 10.3. The lowest BCUT2D eigenvalue weighted by molar-refractivity contribution is -0.268. The monoisotopic (exact) mass is 750 g/mol. The van der Waals surface area contributed by atoms with Gasteiger partial charge in [0.15, 0.2) is 0 Å². The molecule has 1 saturated carbocycles. The molecule has 0 amide bonds. The summed E-state index contributed by atoms with van der Waals surface area (Å²) in [6.07, 6.45) is -4.98. The first-order valence-electron chi connectivity index (χ1n) is 18.0. The van der Waals surface area contributed by atoms with E-state index in [0.717, 1.165) is 27.8 Å². The number of hydrogen-bond acceptors (Lipinski definition) is 9. The Kier molecular flexibility index (Phi) is 14.9. The molecule has 282 valence electrons. The van der Waals surface area contributed by atoms with E-state index in [0.29, 0.717) is 0 Å². The molecule has 5 aromatic rings. The van der Waals surface area contributed by atoms with Gasteiger partial charge in [0, 0.05) is 0 Å². The van der Waals surface area contributed by atoms with Crippen molar-refractivity contribution in [2.45, 2.75) is 69.7 Å². The highest BCUT2D eigenvalue weighted by Gasteiger charge is 2.56. The number of phosphoric ester groups is 1. The summed E-state index contributed by atoms with van der Waals surface area (Å²) in [5.74, 6) is 0. The van der Waals surface area contributed by atoms with Crippen LogP contribution in [0.25, 0.3) is 0 Å². The highest BCUT2D eigenvalue weighted by molar-refractivity contribution is 7.48. The van der Waals surface area contributed by atoms with Crippen LogP contribution in [-0.2, 0) is 70.1 Å². The molecule has 9 nitrogen and oxygen atoms in total. The van der Waals surface area contributed by atoms with Crippen LogP contribution < -0.4 is 0 Å². The third-order valence-electron chi connectivity index (χ3n) is 8.95. The Labute approximate surface area is 317 Å². The summed E-state index contributed by atoms with van der Waals surface area (Å²) in [7, 11) is -4.43. The molecule has 6 rings (SSSR count). The number of rotatable bonds is 20. The van der Waals surface area contributed by atoms with E-state index in [1.54, 1.807) is 6.08 Å². The van der Waals surface area contributed by atoms with Crippen molar-refractivity contribution < 1.29 is 42.2 Å². The van der Waals surface area contributed by atoms with Gasteiger partial charge < -0.3 is 24.1 Å². The molecule has 54 heavy (non-hydrogen) atoms. The van der Waals surface area contributed by atoms with E-state index in [4.69, 9.17) is 32.5 Å². The molecule has 1 fully saturated rings. The zero-order valence-electron chi connectivity index (χ0n) is 30.1. The van der Waals surface area contributed by atoms with Crippen LogP contribution in [0.3, 0.4) is 0 Å². The topological polar surface area (TPSA) is 102 Å². The number of phosphoric acid groups is 1. The summed E-state index contributed by atoms with van der Waals surface area (Å²) >= 11 is 0. The molecule has 0 radical (unpaired) electrons. The molecule has 6 atom stereocenters. The average molecular weight is 751 g/mol. The van der Waals surface area contributed by atoms with Crippen molar-refractivity contribution in [2.24, 2.45) is 0 Å². The first-order valence-corrected chi connectivity index (χ1v) is 19.5. The van der Waals surface area contributed by atoms with Gasteiger partial charge >= 0.3 is 7.82 Å². The molecule has 0 heterocycles. The van der Waals surface area contributed by atoms with Crippen LogP contribution in [0.4, 0.5) is 0 Å². The average Bonchev–Trinajstić information content (AvgIpc) is 3.23. The van der Waals surface area contributed by atoms with E-state index in [1.807, 2.05) is 152 Å². The van der Waals surface area contributed by atoms with Gasteiger partial charge in [-0.3, -0.25) is 13.6 Å². The lowest BCUT2D eigenvalue weighted by Gasteiger charge is -2.48. The maximum Gasteiger partial charge on any atom is 0.475 e. The van der Waals surface area contributed by atoms with Gasteiger partial charge in [-0.25, -0.2) is 4.57 Å². The molecule has 5 aromatic carbocycles. The van der Waals surface area contributed by atoms with Crippen molar-refractivity contribution in [3.8, 4) is 0 Å². The Balaban J connectivity index is 1.37. The van der Waals surface area contributed by atoms with Crippen molar-refractivity contribution >= 4 is 7.82 Å². The van der Waals surface area contributed by atoms with E-state index in [9.17, 15) is 9.67 Å². The lowest BCUT2D eigenvalue weighted by atomic mass is 9.84. The maximum atomic E-state index is 14.8. The largest absolute Gasteiger partial charge is 0.475 e. The SMILES string of the molecule is C=CCO[C@H]1[C@@H](OCc2ccccc2)[C@H](OCc2ccccc2)[C@@H](OCc2ccccc2)[C@H](O)[C@H]1OP(=O)(OCc1ccccc1)OCc1ccccc1. The molecular weight excluding hydrogens is 703 g/mol. The van der Waals surface area contributed by atoms with Gasteiger partial charge in [0.05, 0.1) is 39.6 Å². The second-order valence-corrected chi connectivity index (χ2v) is 14.5. The minimum atomic E-state index is -4.43. The fraction of sp³-hybridized carbons (Fsp3) is 0.273. The van der Waals surface area contributed by atoms with Crippen molar-refractivity contribution in [1.82, 2.24) is 0 Å². The first-order chi connectivity index (χ1) is 26.5. The summed E-state index contributed by atoms with van der Waals surface area (Å²) in [6.45, 7) is 4.32. The highest BCUT2D eigenvalue weighted by atomic mass is 31.2. The summed E-state index contributed by atoms with van der Waals surface area (Å²) < 4.78 is 59.5. The van der Waals surface area contributed by atoms with E-state index in [1.165, 1.54) is 0 Å². The van der Waals surface area contributed by atoms with E-state index in [2.05, 4.69) is 6.58 Å². The van der Waals surface area contributed by atoms with Gasteiger partial charge in [-0.2, -0.15) is 0 Å². The minimum Gasteiger partial charge on any atom is -0.387 e. The molecule has 10 heteroatoms. The Hall–Kier alpha value is -4.25. The standard InChI is InChI=1S/C44H47O9P/c1-2-28-47-43-41(53-54(46,51-32-37-24-14-6-15-25-37)52-33-38-26-16-7-17-27-38)39(45)40(48-29-34-18-8-3-9-19-34)42(49-30-35-20-10-4-11-21-35)44(43)50-31-36-22-12-5-13-23-36/h2-27,39-45H,1,28-33H2/t39-,40-,41+,42+,43+,44-/m0/s1. The predicted octanol–water partition coefficient (Wildman–Crippen LogP) is 8.62. The van der Waals surface area contributed by atoms with Crippen LogP contribution >= 0.6 is 7.82 Å². The Morgan fingerprint density at radius 2 is 0.778 bits per heavy atom. The molecule has 1 N–H and O–H groups in total. The molecule has 0 bridgehead atoms. The fourth-order valence-electron chi connectivity index (χ4n) is 6.20. The van der Waals surface area contributed by atoms with Gasteiger partial charge in [-0.05, 0) is 27.8 Å². The van der Waals surface area contributed by atoms with Gasteiger partial charge in [0.25, 0.3) is 0 Å². The zero-order chi connectivity index (χ0) is 37.4. The summed E-state index contributed by atoms with van der Waals surface area (Å²) in [6, 6.07) is 47.7. The second-order valence-electron chi connectivity index (χ2n) is 12.9. The summed E-state index contributed by atoms with van der Waals surface area (Å²) in [5, 5.41) is 12.4. The van der Waals surface area contributed by atoms with Crippen molar-refractivity contribution in [3.63, 3.8) is 0 Å². The van der Waals surface area contributed by atoms with Crippen molar-refractivity contribution in [1.29, 1.82) is 0 Å². The van der Waals surface area contributed by atoms with Crippen LogP contribution in [0.15, 0.2) is 164 Å². The van der Waals surface area contributed by atoms with E-state index < -0.39 is 44.4 Å². The molecular formula is C44H47O9P. The van der Waals surface area contributed by atoms with Crippen LogP contribution in [-0.4, -0.2) is 48.3 Å². The third kappa shape index (κ3) is 11.4.